The number of piperazine rings is 1. The number of hydrogen-bond donors (Lipinski definition) is 2. The molecule has 0 spiro atoms. The van der Waals surface area contributed by atoms with Crippen LogP contribution in [0, 0.1) is 0 Å². The fourth-order valence-corrected chi connectivity index (χ4v) is 1.74. The minimum Gasteiger partial charge on any atom is -0.358 e. The lowest BCUT2D eigenvalue weighted by atomic mass is 10.1. The summed E-state index contributed by atoms with van der Waals surface area (Å²) >= 11 is 0. The third-order valence-corrected chi connectivity index (χ3v) is 2.71. The number of nitrogens with two attached hydrogens (primary N) is 1. The van der Waals surface area contributed by atoms with Gasteiger partial charge in [0.15, 0.2) is 0 Å². The molecule has 5 nitrogen and oxygen atoms in total. The van der Waals surface area contributed by atoms with E-state index in [-0.39, 0.29) is 5.91 Å². The van der Waals surface area contributed by atoms with Crippen LogP contribution >= 0.6 is 0 Å². The smallest absolute Gasteiger partial charge is 0.233 e. The van der Waals surface area contributed by atoms with E-state index in [2.05, 4.69) is 22.2 Å². The third-order valence-electron chi connectivity index (χ3n) is 2.71. The van der Waals surface area contributed by atoms with Crippen LogP contribution in [0.15, 0.2) is 0 Å². The van der Waals surface area contributed by atoms with Crippen LogP contribution in [-0.4, -0.2) is 68.6 Å². The zero-order valence-electron chi connectivity index (χ0n) is 8.99. The topological polar surface area (TPSA) is 61.6 Å². The molecule has 0 aromatic heterocycles. The molecule has 14 heavy (non-hydrogen) atoms. The van der Waals surface area contributed by atoms with Gasteiger partial charge in [0, 0.05) is 39.3 Å². The first-order valence-electron chi connectivity index (χ1n) is 5.00. The molecule has 0 aromatic carbocycles. The molecule has 1 unspecified atom stereocenters. The second-order valence-corrected chi connectivity index (χ2v) is 3.80. The molecular formula is C9H20N4O. The molecule has 1 rings (SSSR count). The second kappa shape index (κ2) is 5.29. The molecule has 1 atom stereocenters. The van der Waals surface area contributed by atoms with Gasteiger partial charge in [-0.15, -0.1) is 0 Å². The lowest BCUT2D eigenvalue weighted by Gasteiger charge is -2.38. The van der Waals surface area contributed by atoms with E-state index in [1.54, 1.807) is 7.05 Å². The fraction of sp³-hybridized carbons (Fsp3) is 0.889. The van der Waals surface area contributed by atoms with Gasteiger partial charge < -0.3 is 16.0 Å². The van der Waals surface area contributed by atoms with Crippen molar-refractivity contribution in [1.29, 1.82) is 0 Å². The molecule has 1 aliphatic rings. The number of carbonyl (C=O) groups is 1. The van der Waals surface area contributed by atoms with Crippen LogP contribution in [0.4, 0.5) is 0 Å². The van der Waals surface area contributed by atoms with Gasteiger partial charge in [0.2, 0.25) is 5.91 Å². The minimum atomic E-state index is 0.0630. The second-order valence-electron chi connectivity index (χ2n) is 3.80. The molecule has 0 saturated carbocycles. The van der Waals surface area contributed by atoms with Crippen molar-refractivity contribution in [1.82, 2.24) is 15.1 Å². The van der Waals surface area contributed by atoms with E-state index in [1.807, 2.05) is 0 Å². The standard InChI is InChI=1S/C9H20N4O/c1-11-9(14)7-13-4-3-12(2)6-8(13)5-10/h8H,3-7,10H2,1-2H3,(H,11,14). The summed E-state index contributed by atoms with van der Waals surface area (Å²) in [5.41, 5.74) is 5.67. The van der Waals surface area contributed by atoms with E-state index in [9.17, 15) is 4.79 Å². The molecule has 82 valence electrons. The van der Waals surface area contributed by atoms with Crippen LogP contribution in [-0.2, 0) is 4.79 Å². The van der Waals surface area contributed by atoms with Gasteiger partial charge in [-0.25, -0.2) is 0 Å². The number of likely N-dealkylation sites (N-methyl/N-ethyl adjacent to an activating group) is 2. The molecular weight excluding hydrogens is 180 g/mol. The van der Waals surface area contributed by atoms with Crippen molar-refractivity contribution >= 4 is 5.91 Å². The molecule has 1 amide bonds. The molecule has 5 heteroatoms. The third kappa shape index (κ3) is 2.94. The monoisotopic (exact) mass is 200 g/mol. The quantitative estimate of drug-likeness (QED) is 0.570. The predicted molar refractivity (Wildman–Crippen MR) is 56.0 cm³/mol. The molecule has 0 radical (unpaired) electrons. The SMILES string of the molecule is CNC(=O)CN1CCN(C)CC1CN. The number of hydrogen-bond acceptors (Lipinski definition) is 4. The summed E-state index contributed by atoms with van der Waals surface area (Å²) in [5.74, 6) is 0.0630. The predicted octanol–water partition coefficient (Wildman–Crippen LogP) is -1.69. The summed E-state index contributed by atoms with van der Waals surface area (Å²) in [5, 5.41) is 2.63. The summed E-state index contributed by atoms with van der Waals surface area (Å²) in [6.45, 7) is 3.96. The Hall–Kier alpha value is -0.650. The van der Waals surface area contributed by atoms with Gasteiger partial charge in [-0.1, -0.05) is 0 Å². The van der Waals surface area contributed by atoms with E-state index in [0.29, 0.717) is 19.1 Å². The van der Waals surface area contributed by atoms with Crippen molar-refractivity contribution < 1.29 is 4.79 Å². The maximum atomic E-state index is 11.2. The highest BCUT2D eigenvalue weighted by atomic mass is 16.1. The van der Waals surface area contributed by atoms with Crippen molar-refractivity contribution in [3.05, 3.63) is 0 Å². The zero-order valence-corrected chi connectivity index (χ0v) is 8.99. The molecule has 1 heterocycles. The van der Waals surface area contributed by atoms with Crippen LogP contribution in [0.25, 0.3) is 0 Å². The van der Waals surface area contributed by atoms with Gasteiger partial charge >= 0.3 is 0 Å². The number of nitrogens with one attached hydrogen (secondary N) is 1. The lowest BCUT2D eigenvalue weighted by Crippen LogP contribution is -2.56. The Labute approximate surface area is 85.2 Å². The fourth-order valence-electron chi connectivity index (χ4n) is 1.74. The Bertz CT molecular complexity index is 197. The first-order chi connectivity index (χ1) is 6.67. The molecule has 0 bridgehead atoms. The maximum absolute atomic E-state index is 11.2. The van der Waals surface area contributed by atoms with E-state index in [4.69, 9.17) is 5.73 Å². The minimum absolute atomic E-state index is 0.0630. The maximum Gasteiger partial charge on any atom is 0.233 e. The van der Waals surface area contributed by atoms with E-state index in [1.165, 1.54) is 0 Å². The Morgan fingerprint density at radius 2 is 2.29 bits per heavy atom. The van der Waals surface area contributed by atoms with E-state index < -0.39 is 0 Å². The summed E-state index contributed by atoms with van der Waals surface area (Å²) in [6.07, 6.45) is 0. The van der Waals surface area contributed by atoms with E-state index in [0.717, 1.165) is 19.6 Å². The number of amides is 1. The largest absolute Gasteiger partial charge is 0.358 e. The number of rotatable bonds is 3. The zero-order chi connectivity index (χ0) is 10.6. The Morgan fingerprint density at radius 3 is 2.86 bits per heavy atom. The highest BCUT2D eigenvalue weighted by Crippen LogP contribution is 2.06. The van der Waals surface area contributed by atoms with Crippen molar-refractivity contribution in [2.24, 2.45) is 5.73 Å². The molecule has 1 fully saturated rings. The van der Waals surface area contributed by atoms with Crippen LogP contribution in [0.2, 0.25) is 0 Å². The lowest BCUT2D eigenvalue weighted by molar-refractivity contribution is -0.122. The molecule has 0 aliphatic carbocycles. The van der Waals surface area contributed by atoms with Gasteiger partial charge in [0.25, 0.3) is 0 Å². The van der Waals surface area contributed by atoms with E-state index >= 15 is 0 Å². The summed E-state index contributed by atoms with van der Waals surface area (Å²) in [4.78, 5) is 15.6. The van der Waals surface area contributed by atoms with Crippen LogP contribution < -0.4 is 11.1 Å². The number of carbonyl (C=O) groups excluding carboxylic acids is 1. The first kappa shape index (κ1) is 11.4. The van der Waals surface area contributed by atoms with Gasteiger partial charge in [0.1, 0.15) is 0 Å². The number of nitrogens with zero attached hydrogens (tertiary/aromatic N) is 2. The van der Waals surface area contributed by atoms with Crippen LogP contribution in [0.1, 0.15) is 0 Å². The van der Waals surface area contributed by atoms with Gasteiger partial charge in [-0.2, -0.15) is 0 Å². The van der Waals surface area contributed by atoms with Gasteiger partial charge in [-0.05, 0) is 7.05 Å². The average molecular weight is 200 g/mol. The Morgan fingerprint density at radius 1 is 1.57 bits per heavy atom. The van der Waals surface area contributed by atoms with Gasteiger partial charge in [-0.3, -0.25) is 9.69 Å². The highest BCUT2D eigenvalue weighted by molar-refractivity contribution is 5.77. The van der Waals surface area contributed by atoms with Crippen LogP contribution in [0.5, 0.6) is 0 Å². The summed E-state index contributed by atoms with van der Waals surface area (Å²) in [7, 11) is 3.75. The van der Waals surface area contributed by atoms with Crippen molar-refractivity contribution in [3.63, 3.8) is 0 Å². The first-order valence-corrected chi connectivity index (χ1v) is 5.00. The molecule has 0 aromatic rings. The normalized spacial score (nSPS) is 24.9. The average Bonchev–Trinajstić information content (AvgIpc) is 2.20. The highest BCUT2D eigenvalue weighted by Gasteiger charge is 2.24. The molecule has 3 N–H and O–H groups in total. The van der Waals surface area contributed by atoms with Gasteiger partial charge in [0.05, 0.1) is 6.54 Å². The summed E-state index contributed by atoms with van der Waals surface area (Å²) in [6, 6.07) is 0.311. The molecule has 1 saturated heterocycles. The van der Waals surface area contributed by atoms with Crippen LogP contribution in [0.3, 0.4) is 0 Å². The van der Waals surface area contributed by atoms with Crippen molar-refractivity contribution in [2.75, 3.05) is 46.8 Å². The van der Waals surface area contributed by atoms with Crippen molar-refractivity contribution in [3.8, 4) is 0 Å². The molecule has 1 aliphatic heterocycles. The Kier molecular flexibility index (Phi) is 4.31. The van der Waals surface area contributed by atoms with Crippen molar-refractivity contribution in [2.45, 2.75) is 6.04 Å². The summed E-state index contributed by atoms with van der Waals surface area (Å²) < 4.78 is 0. The Balaban J connectivity index is 2.45.